The summed E-state index contributed by atoms with van der Waals surface area (Å²) in [7, 11) is 0. The molecule has 144 valence electrons. The number of amides is 1. The number of aliphatic hydroxyl groups is 1. The predicted molar refractivity (Wildman–Crippen MR) is 105 cm³/mol. The maximum Gasteiger partial charge on any atom is 0.220 e. The third-order valence-electron chi connectivity index (χ3n) is 4.06. The van der Waals surface area contributed by atoms with Gasteiger partial charge in [0.15, 0.2) is 5.78 Å². The monoisotopic (exact) mass is 369 g/mol. The third kappa shape index (κ3) is 6.87. The van der Waals surface area contributed by atoms with Crippen molar-refractivity contribution in [1.29, 1.82) is 0 Å². The summed E-state index contributed by atoms with van der Waals surface area (Å²) in [5.74, 6) is 0.352. The Bertz CT molecular complexity index is 768. The van der Waals surface area contributed by atoms with Gasteiger partial charge in [0, 0.05) is 24.9 Å². The van der Waals surface area contributed by atoms with Crippen LogP contribution in [0.1, 0.15) is 54.3 Å². The zero-order chi connectivity index (χ0) is 19.8. The van der Waals surface area contributed by atoms with Gasteiger partial charge in [-0.25, -0.2) is 0 Å². The van der Waals surface area contributed by atoms with Crippen molar-refractivity contribution < 1.29 is 19.4 Å². The van der Waals surface area contributed by atoms with Gasteiger partial charge in [0.25, 0.3) is 0 Å². The highest BCUT2D eigenvalue weighted by Gasteiger charge is 2.13. The SMILES string of the molecule is Cc1ccc(C(=O)CCC(=O)NCC(O)c2cccc(OC(C)C)c2)cc1. The molecule has 0 radical (unpaired) electrons. The summed E-state index contributed by atoms with van der Waals surface area (Å²) in [6.07, 6.45) is -0.556. The first-order chi connectivity index (χ1) is 12.8. The van der Waals surface area contributed by atoms with Crippen molar-refractivity contribution >= 4 is 11.7 Å². The summed E-state index contributed by atoms with van der Waals surface area (Å²) < 4.78 is 5.61. The lowest BCUT2D eigenvalue weighted by molar-refractivity contribution is -0.121. The highest BCUT2D eigenvalue weighted by molar-refractivity contribution is 5.97. The van der Waals surface area contributed by atoms with E-state index in [1.807, 2.05) is 39.0 Å². The molecule has 0 bridgehead atoms. The second-order valence-electron chi connectivity index (χ2n) is 6.85. The van der Waals surface area contributed by atoms with E-state index in [2.05, 4.69) is 5.32 Å². The first-order valence-electron chi connectivity index (χ1n) is 9.16. The number of benzene rings is 2. The molecule has 2 aromatic rings. The number of ether oxygens (including phenoxy) is 1. The fraction of sp³-hybridized carbons (Fsp3) is 0.364. The molecule has 0 aliphatic heterocycles. The number of rotatable bonds is 9. The average molecular weight is 369 g/mol. The molecule has 1 unspecified atom stereocenters. The largest absolute Gasteiger partial charge is 0.491 e. The molecule has 5 nitrogen and oxygen atoms in total. The molecule has 0 fully saturated rings. The van der Waals surface area contributed by atoms with Gasteiger partial charge in [0.1, 0.15) is 5.75 Å². The summed E-state index contributed by atoms with van der Waals surface area (Å²) in [5, 5.41) is 12.9. The molecule has 1 atom stereocenters. The average Bonchev–Trinajstić information content (AvgIpc) is 2.64. The van der Waals surface area contributed by atoms with E-state index in [1.165, 1.54) is 0 Å². The van der Waals surface area contributed by atoms with E-state index >= 15 is 0 Å². The molecule has 2 aromatic carbocycles. The maximum absolute atomic E-state index is 12.1. The zero-order valence-corrected chi connectivity index (χ0v) is 16.1. The number of hydrogen-bond acceptors (Lipinski definition) is 4. The summed E-state index contributed by atoms with van der Waals surface area (Å²) in [6.45, 7) is 5.91. The Morgan fingerprint density at radius 3 is 2.44 bits per heavy atom. The van der Waals surface area contributed by atoms with Crippen molar-refractivity contribution in [3.63, 3.8) is 0 Å². The fourth-order valence-electron chi connectivity index (χ4n) is 2.59. The van der Waals surface area contributed by atoms with Crippen LogP contribution in [0.4, 0.5) is 0 Å². The van der Waals surface area contributed by atoms with E-state index in [4.69, 9.17) is 4.74 Å². The Kier molecular flexibility index (Phi) is 7.55. The van der Waals surface area contributed by atoms with Gasteiger partial charge < -0.3 is 15.2 Å². The van der Waals surface area contributed by atoms with Crippen LogP contribution in [0.25, 0.3) is 0 Å². The van der Waals surface area contributed by atoms with Crippen LogP contribution in [0.3, 0.4) is 0 Å². The summed E-state index contributed by atoms with van der Waals surface area (Å²) >= 11 is 0. The molecule has 0 aliphatic carbocycles. The van der Waals surface area contributed by atoms with E-state index in [0.717, 1.165) is 5.56 Å². The highest BCUT2D eigenvalue weighted by Crippen LogP contribution is 2.20. The van der Waals surface area contributed by atoms with E-state index in [0.29, 0.717) is 16.9 Å². The lowest BCUT2D eigenvalue weighted by atomic mass is 10.0. The Balaban J connectivity index is 1.79. The third-order valence-corrected chi connectivity index (χ3v) is 4.06. The number of Topliss-reactive ketones (excluding diaryl/α,β-unsaturated/α-hetero) is 1. The molecule has 0 aliphatic rings. The first kappa shape index (κ1) is 20.6. The summed E-state index contributed by atoms with van der Waals surface area (Å²) in [4.78, 5) is 24.1. The summed E-state index contributed by atoms with van der Waals surface area (Å²) in [6, 6.07) is 14.5. The fourth-order valence-corrected chi connectivity index (χ4v) is 2.59. The molecule has 27 heavy (non-hydrogen) atoms. The lowest BCUT2D eigenvalue weighted by Crippen LogP contribution is -2.28. The molecule has 2 rings (SSSR count). The van der Waals surface area contributed by atoms with Gasteiger partial charge in [0.2, 0.25) is 5.91 Å². The Morgan fingerprint density at radius 1 is 1.07 bits per heavy atom. The Labute approximate surface area is 160 Å². The van der Waals surface area contributed by atoms with Crippen LogP contribution in [0.5, 0.6) is 5.75 Å². The molecule has 5 heteroatoms. The van der Waals surface area contributed by atoms with Gasteiger partial charge in [-0.15, -0.1) is 0 Å². The number of ketones is 1. The van der Waals surface area contributed by atoms with E-state index in [1.54, 1.807) is 30.3 Å². The number of nitrogens with one attached hydrogen (secondary N) is 1. The minimum absolute atomic E-state index is 0.0446. The Hall–Kier alpha value is -2.66. The van der Waals surface area contributed by atoms with Crippen LogP contribution in [-0.2, 0) is 4.79 Å². The van der Waals surface area contributed by atoms with Gasteiger partial charge >= 0.3 is 0 Å². The molecule has 0 heterocycles. The quantitative estimate of drug-likeness (QED) is 0.662. The van der Waals surface area contributed by atoms with Gasteiger partial charge in [-0.1, -0.05) is 42.0 Å². The molecule has 0 aromatic heterocycles. The molecule has 0 saturated carbocycles. The van der Waals surface area contributed by atoms with Crippen LogP contribution in [0, 0.1) is 6.92 Å². The zero-order valence-electron chi connectivity index (χ0n) is 16.1. The number of hydrogen-bond donors (Lipinski definition) is 2. The molecule has 2 N–H and O–H groups in total. The van der Waals surface area contributed by atoms with Gasteiger partial charge in [-0.3, -0.25) is 9.59 Å². The van der Waals surface area contributed by atoms with Crippen LogP contribution in [0.2, 0.25) is 0 Å². The normalized spacial score (nSPS) is 11.9. The van der Waals surface area contributed by atoms with Gasteiger partial charge in [-0.05, 0) is 38.5 Å². The minimum atomic E-state index is -0.836. The molecular formula is C22H27NO4. The van der Waals surface area contributed by atoms with Crippen molar-refractivity contribution in [2.24, 2.45) is 0 Å². The van der Waals surface area contributed by atoms with Crippen LogP contribution < -0.4 is 10.1 Å². The van der Waals surface area contributed by atoms with Crippen molar-refractivity contribution in [1.82, 2.24) is 5.32 Å². The predicted octanol–water partition coefficient (Wildman–Crippen LogP) is 3.59. The van der Waals surface area contributed by atoms with Gasteiger partial charge in [0.05, 0.1) is 12.2 Å². The van der Waals surface area contributed by atoms with Crippen LogP contribution >= 0.6 is 0 Å². The highest BCUT2D eigenvalue weighted by atomic mass is 16.5. The second kappa shape index (κ2) is 9.88. The van der Waals surface area contributed by atoms with E-state index < -0.39 is 6.10 Å². The molecule has 0 saturated heterocycles. The van der Waals surface area contributed by atoms with E-state index in [-0.39, 0.29) is 37.2 Å². The van der Waals surface area contributed by atoms with Crippen LogP contribution in [0.15, 0.2) is 48.5 Å². The van der Waals surface area contributed by atoms with Crippen LogP contribution in [-0.4, -0.2) is 29.4 Å². The maximum atomic E-state index is 12.1. The lowest BCUT2D eigenvalue weighted by Gasteiger charge is -2.15. The number of aryl methyl sites for hydroxylation is 1. The number of carbonyl (C=O) groups is 2. The minimum Gasteiger partial charge on any atom is -0.491 e. The first-order valence-corrected chi connectivity index (χ1v) is 9.16. The van der Waals surface area contributed by atoms with Crippen molar-refractivity contribution in [3.8, 4) is 5.75 Å². The van der Waals surface area contributed by atoms with Crippen molar-refractivity contribution in [2.75, 3.05) is 6.54 Å². The molecule has 1 amide bonds. The smallest absolute Gasteiger partial charge is 0.220 e. The standard InChI is InChI=1S/C22H27NO4/c1-15(2)27-19-6-4-5-18(13-19)21(25)14-23-22(26)12-11-20(24)17-9-7-16(3)8-10-17/h4-10,13,15,21,25H,11-12,14H2,1-3H3,(H,23,26). The van der Waals surface area contributed by atoms with Gasteiger partial charge in [-0.2, -0.15) is 0 Å². The summed E-state index contributed by atoms with van der Waals surface area (Å²) in [5.41, 5.74) is 2.36. The van der Waals surface area contributed by atoms with Crippen molar-refractivity contribution in [2.45, 2.75) is 45.8 Å². The topological polar surface area (TPSA) is 75.6 Å². The van der Waals surface area contributed by atoms with E-state index in [9.17, 15) is 14.7 Å². The molecule has 0 spiro atoms. The second-order valence-corrected chi connectivity index (χ2v) is 6.85. The molecular weight excluding hydrogens is 342 g/mol. The van der Waals surface area contributed by atoms with Crippen molar-refractivity contribution in [3.05, 3.63) is 65.2 Å². The number of aliphatic hydroxyl groups excluding tert-OH is 1. The number of carbonyl (C=O) groups excluding carboxylic acids is 2. The Morgan fingerprint density at radius 2 is 1.78 bits per heavy atom.